The second-order valence-electron chi connectivity index (χ2n) is 9.41. The predicted octanol–water partition coefficient (Wildman–Crippen LogP) is 2.14. The number of esters is 1. The SMILES string of the molecule is COC(=O)[C@H](CC(C)C)NC(=O)[C@H](CO)NC(=O)[C@H](Cc1ccc(O)cc1)Nc1ccc2ccccc2n1. The Balaban J connectivity index is 1.79. The third kappa shape index (κ3) is 7.91. The van der Waals surface area contributed by atoms with Crippen molar-refractivity contribution in [3.05, 3.63) is 66.2 Å². The first-order valence-corrected chi connectivity index (χ1v) is 12.4. The number of aliphatic hydroxyl groups excluding tert-OH is 1. The van der Waals surface area contributed by atoms with Crippen LogP contribution in [0.25, 0.3) is 10.9 Å². The van der Waals surface area contributed by atoms with E-state index in [0.29, 0.717) is 12.2 Å². The smallest absolute Gasteiger partial charge is 0.328 e. The number of carbonyl (C=O) groups is 3. The van der Waals surface area contributed by atoms with Gasteiger partial charge < -0.3 is 30.9 Å². The minimum Gasteiger partial charge on any atom is -0.508 e. The number of aromatic hydroxyl groups is 1. The van der Waals surface area contributed by atoms with E-state index in [4.69, 9.17) is 4.74 Å². The van der Waals surface area contributed by atoms with E-state index in [2.05, 4.69) is 20.9 Å². The number of phenols is 1. The van der Waals surface area contributed by atoms with E-state index in [1.165, 1.54) is 19.2 Å². The summed E-state index contributed by atoms with van der Waals surface area (Å²) in [4.78, 5) is 43.0. The van der Waals surface area contributed by atoms with Crippen molar-refractivity contribution >= 4 is 34.5 Å². The molecule has 0 spiro atoms. The number of fused-ring (bicyclic) bond motifs is 1. The minimum absolute atomic E-state index is 0.0925. The van der Waals surface area contributed by atoms with Gasteiger partial charge in [-0.05, 0) is 48.2 Å². The molecule has 0 radical (unpaired) electrons. The number of rotatable bonds is 12. The van der Waals surface area contributed by atoms with Crippen molar-refractivity contribution in [3.8, 4) is 5.75 Å². The van der Waals surface area contributed by atoms with Crippen LogP contribution in [-0.2, 0) is 25.5 Å². The van der Waals surface area contributed by atoms with Crippen molar-refractivity contribution in [2.45, 2.75) is 44.8 Å². The van der Waals surface area contributed by atoms with E-state index in [0.717, 1.165) is 16.5 Å². The molecule has 3 rings (SSSR count). The van der Waals surface area contributed by atoms with Crippen LogP contribution >= 0.6 is 0 Å². The summed E-state index contributed by atoms with van der Waals surface area (Å²) in [5.74, 6) is -1.23. The molecule has 202 valence electrons. The normalized spacial score (nSPS) is 13.4. The molecule has 0 fully saturated rings. The number of carbonyl (C=O) groups excluding carboxylic acids is 3. The van der Waals surface area contributed by atoms with Crippen molar-refractivity contribution < 1.29 is 29.3 Å². The maximum absolute atomic E-state index is 13.4. The van der Waals surface area contributed by atoms with Gasteiger partial charge in [0.15, 0.2) is 0 Å². The standard InChI is InChI=1S/C28H34N4O6/c1-17(2)14-23(28(37)38-3)31-27(36)24(16-33)32-26(35)22(15-18-8-11-20(34)12-9-18)30-25-13-10-19-6-4-5-7-21(19)29-25/h4-13,17,22-24,33-34H,14-16H2,1-3H3,(H,29,30)(H,31,36)(H,32,35)/t22-,23-,24-/m0/s1. The molecule has 10 nitrogen and oxygen atoms in total. The fourth-order valence-corrected chi connectivity index (χ4v) is 3.97. The van der Waals surface area contributed by atoms with Gasteiger partial charge in [-0.1, -0.05) is 44.2 Å². The topological polar surface area (TPSA) is 150 Å². The van der Waals surface area contributed by atoms with Crippen molar-refractivity contribution in [2.24, 2.45) is 5.92 Å². The molecule has 0 saturated carbocycles. The number of phenolic OH excluding ortho intramolecular Hbond substituents is 1. The molecule has 0 unspecified atom stereocenters. The first-order chi connectivity index (χ1) is 18.2. The average molecular weight is 523 g/mol. The lowest BCUT2D eigenvalue weighted by atomic mass is 10.0. The molecule has 0 aliphatic heterocycles. The summed E-state index contributed by atoms with van der Waals surface area (Å²) in [5.41, 5.74) is 1.50. The Kier molecular flexibility index (Phi) is 10.0. The van der Waals surface area contributed by atoms with Gasteiger partial charge in [-0.3, -0.25) is 9.59 Å². The van der Waals surface area contributed by atoms with Gasteiger partial charge in [0, 0.05) is 11.8 Å². The second-order valence-corrected chi connectivity index (χ2v) is 9.41. The molecule has 0 aliphatic carbocycles. The fourth-order valence-electron chi connectivity index (χ4n) is 3.97. The Morgan fingerprint density at radius 2 is 1.55 bits per heavy atom. The molecule has 0 bridgehead atoms. The molecule has 2 aromatic carbocycles. The molecule has 1 aromatic heterocycles. The maximum atomic E-state index is 13.4. The van der Waals surface area contributed by atoms with Gasteiger partial charge in [-0.25, -0.2) is 9.78 Å². The number of nitrogens with zero attached hydrogens (tertiary/aromatic N) is 1. The van der Waals surface area contributed by atoms with Crippen LogP contribution in [0.1, 0.15) is 25.8 Å². The van der Waals surface area contributed by atoms with E-state index in [1.54, 1.807) is 18.2 Å². The molecule has 0 aliphatic rings. The van der Waals surface area contributed by atoms with Gasteiger partial charge in [0.25, 0.3) is 0 Å². The number of aliphatic hydroxyl groups is 1. The van der Waals surface area contributed by atoms with Crippen molar-refractivity contribution in [1.82, 2.24) is 15.6 Å². The van der Waals surface area contributed by atoms with Crippen LogP contribution in [0.2, 0.25) is 0 Å². The van der Waals surface area contributed by atoms with Gasteiger partial charge >= 0.3 is 5.97 Å². The van der Waals surface area contributed by atoms with Crippen molar-refractivity contribution in [1.29, 1.82) is 0 Å². The van der Waals surface area contributed by atoms with E-state index in [-0.39, 0.29) is 18.1 Å². The van der Waals surface area contributed by atoms with Crippen molar-refractivity contribution in [2.75, 3.05) is 19.0 Å². The number of hydrogen-bond donors (Lipinski definition) is 5. The van der Waals surface area contributed by atoms with Crippen LogP contribution in [0.5, 0.6) is 5.75 Å². The Morgan fingerprint density at radius 1 is 0.895 bits per heavy atom. The quantitative estimate of drug-likeness (QED) is 0.227. The van der Waals surface area contributed by atoms with Crippen molar-refractivity contribution in [3.63, 3.8) is 0 Å². The summed E-state index contributed by atoms with van der Waals surface area (Å²) in [6, 6.07) is 14.5. The molecule has 3 aromatic rings. The molecule has 1 heterocycles. The van der Waals surface area contributed by atoms with Gasteiger partial charge in [-0.15, -0.1) is 0 Å². The van der Waals surface area contributed by atoms with Crippen LogP contribution in [0, 0.1) is 5.92 Å². The zero-order valence-electron chi connectivity index (χ0n) is 21.7. The Labute approximate surface area is 221 Å². The lowest BCUT2D eigenvalue weighted by Gasteiger charge is -2.25. The largest absolute Gasteiger partial charge is 0.508 e. The van der Waals surface area contributed by atoms with Gasteiger partial charge in [0.1, 0.15) is 29.7 Å². The molecule has 38 heavy (non-hydrogen) atoms. The van der Waals surface area contributed by atoms with E-state index in [1.807, 2.05) is 44.2 Å². The predicted molar refractivity (Wildman–Crippen MR) is 143 cm³/mol. The molecule has 5 N–H and O–H groups in total. The summed E-state index contributed by atoms with van der Waals surface area (Å²) >= 11 is 0. The number of aromatic nitrogens is 1. The molecule has 0 saturated heterocycles. The monoisotopic (exact) mass is 522 g/mol. The van der Waals surface area contributed by atoms with E-state index < -0.39 is 42.5 Å². The number of ether oxygens (including phenoxy) is 1. The number of pyridine rings is 1. The molecule has 3 atom stereocenters. The lowest BCUT2D eigenvalue weighted by Crippen LogP contribution is -2.56. The highest BCUT2D eigenvalue weighted by molar-refractivity contribution is 5.93. The Bertz CT molecular complexity index is 1250. The van der Waals surface area contributed by atoms with Crippen LogP contribution in [0.4, 0.5) is 5.82 Å². The number of benzene rings is 2. The van der Waals surface area contributed by atoms with Crippen LogP contribution in [0.15, 0.2) is 60.7 Å². The molecular weight excluding hydrogens is 488 g/mol. The highest BCUT2D eigenvalue weighted by atomic mass is 16.5. The summed E-state index contributed by atoms with van der Waals surface area (Å²) in [5, 5.41) is 28.7. The molecule has 2 amide bonds. The second kappa shape index (κ2) is 13.4. The summed E-state index contributed by atoms with van der Waals surface area (Å²) in [7, 11) is 1.23. The van der Waals surface area contributed by atoms with Gasteiger partial charge in [-0.2, -0.15) is 0 Å². The maximum Gasteiger partial charge on any atom is 0.328 e. The van der Waals surface area contributed by atoms with Crippen LogP contribution in [0.3, 0.4) is 0 Å². The summed E-state index contributed by atoms with van der Waals surface area (Å²) in [6.45, 7) is 3.12. The van der Waals surface area contributed by atoms with E-state index >= 15 is 0 Å². The minimum atomic E-state index is -1.30. The van der Waals surface area contributed by atoms with Crippen LogP contribution < -0.4 is 16.0 Å². The highest BCUT2D eigenvalue weighted by Gasteiger charge is 2.29. The zero-order chi connectivity index (χ0) is 27.7. The third-order valence-corrected chi connectivity index (χ3v) is 5.94. The lowest BCUT2D eigenvalue weighted by molar-refractivity contribution is -0.146. The number of nitrogens with one attached hydrogen (secondary N) is 3. The zero-order valence-corrected chi connectivity index (χ0v) is 21.7. The highest BCUT2D eigenvalue weighted by Crippen LogP contribution is 2.18. The Morgan fingerprint density at radius 3 is 2.21 bits per heavy atom. The Hall–Kier alpha value is -4.18. The molecule has 10 heteroatoms. The summed E-state index contributed by atoms with van der Waals surface area (Å²) < 4.78 is 4.78. The first kappa shape index (κ1) is 28.4. The number of amides is 2. The fraction of sp³-hybridized carbons (Fsp3) is 0.357. The van der Waals surface area contributed by atoms with Gasteiger partial charge in [0.05, 0.1) is 19.2 Å². The number of anilines is 1. The number of methoxy groups -OCH3 is 1. The average Bonchev–Trinajstić information content (AvgIpc) is 2.91. The summed E-state index contributed by atoms with van der Waals surface area (Å²) in [6.07, 6.45) is 0.543. The first-order valence-electron chi connectivity index (χ1n) is 12.4. The molecular formula is C28H34N4O6. The number of para-hydroxylation sites is 1. The van der Waals surface area contributed by atoms with E-state index in [9.17, 15) is 24.6 Å². The third-order valence-electron chi connectivity index (χ3n) is 5.94. The number of hydrogen-bond acceptors (Lipinski definition) is 8. The van der Waals surface area contributed by atoms with Crippen LogP contribution in [-0.4, -0.2) is 64.8 Å². The van der Waals surface area contributed by atoms with Gasteiger partial charge in [0.2, 0.25) is 11.8 Å².